The number of hydrogen-bond donors (Lipinski definition) is 1. The number of halogens is 3. The van der Waals surface area contributed by atoms with Gasteiger partial charge in [0.1, 0.15) is 34.7 Å². The number of nitrogens with zero attached hydrogens (tertiary/aromatic N) is 4. The summed E-state index contributed by atoms with van der Waals surface area (Å²) in [5, 5.41) is 11.8. The lowest BCUT2D eigenvalue weighted by Gasteiger charge is -2.36. The van der Waals surface area contributed by atoms with Gasteiger partial charge in [-0.2, -0.15) is 18.4 Å². The van der Waals surface area contributed by atoms with Crippen molar-refractivity contribution in [1.82, 2.24) is 9.97 Å². The smallest absolute Gasteiger partial charge is 0.422 e. The third-order valence-electron chi connectivity index (χ3n) is 7.18. The lowest BCUT2D eigenvalue weighted by Crippen LogP contribution is -2.41. The van der Waals surface area contributed by atoms with Crippen LogP contribution in [-0.2, 0) is 26.9 Å². The first kappa shape index (κ1) is 32.3. The number of methoxy groups -OCH3 is 2. The van der Waals surface area contributed by atoms with Crippen molar-refractivity contribution in [3.8, 4) is 11.8 Å². The zero-order valence-corrected chi connectivity index (χ0v) is 25.3. The average molecular weight is 596 g/mol. The van der Waals surface area contributed by atoms with Gasteiger partial charge in [-0.1, -0.05) is 20.8 Å². The predicted octanol–water partition coefficient (Wildman–Crippen LogP) is 6.09. The summed E-state index contributed by atoms with van der Waals surface area (Å²) < 4.78 is 60.2. The molecule has 224 valence electrons. The number of pyridine rings is 2. The number of ether oxygens (including phenoxy) is 3. The fourth-order valence-electron chi connectivity index (χ4n) is 3.91. The zero-order chi connectivity index (χ0) is 30.6. The molecule has 3 rings (SSSR count). The van der Waals surface area contributed by atoms with Gasteiger partial charge in [0.2, 0.25) is 6.29 Å². The van der Waals surface area contributed by atoms with Crippen LogP contribution in [0.2, 0.25) is 18.1 Å². The van der Waals surface area contributed by atoms with Crippen LogP contribution in [0, 0.1) is 11.3 Å². The van der Waals surface area contributed by atoms with Crippen LogP contribution in [0.3, 0.4) is 0 Å². The Bertz CT molecular complexity index is 1290. The Hall–Kier alpha value is -3.25. The first-order chi connectivity index (χ1) is 19.1. The first-order valence-electron chi connectivity index (χ1n) is 13.0. The first-order valence-corrected chi connectivity index (χ1v) is 15.9. The minimum absolute atomic E-state index is 0.00271. The molecule has 2 aromatic heterocycles. The van der Waals surface area contributed by atoms with E-state index < -0.39 is 33.4 Å². The van der Waals surface area contributed by atoms with Crippen molar-refractivity contribution in [3.63, 3.8) is 0 Å². The summed E-state index contributed by atoms with van der Waals surface area (Å²) in [6.45, 7) is 9.83. The third kappa shape index (κ3) is 7.94. The highest BCUT2D eigenvalue weighted by Crippen LogP contribution is 2.38. The van der Waals surface area contributed by atoms with Crippen LogP contribution in [0.25, 0.3) is 0 Å². The number of carbonyl (C=O) groups excluding carboxylic acids is 1. The summed E-state index contributed by atoms with van der Waals surface area (Å²) in [5.74, 6) is -0.0188. The van der Waals surface area contributed by atoms with E-state index in [9.17, 15) is 23.2 Å². The summed E-state index contributed by atoms with van der Waals surface area (Å²) in [4.78, 5) is 23.6. The van der Waals surface area contributed by atoms with Gasteiger partial charge in [0.15, 0.2) is 14.9 Å². The maximum atomic E-state index is 13.4. The molecule has 10 nitrogen and oxygen atoms in total. The monoisotopic (exact) mass is 595 g/mol. The second kappa shape index (κ2) is 12.7. The molecule has 0 aliphatic carbocycles. The van der Waals surface area contributed by atoms with E-state index in [1.807, 2.05) is 6.07 Å². The molecule has 1 aliphatic heterocycles. The van der Waals surface area contributed by atoms with Crippen LogP contribution in [0.1, 0.15) is 55.9 Å². The summed E-state index contributed by atoms with van der Waals surface area (Å²) in [6, 6.07) is 4.17. The Morgan fingerprint density at radius 2 is 1.90 bits per heavy atom. The Morgan fingerprint density at radius 1 is 1.22 bits per heavy atom. The van der Waals surface area contributed by atoms with Crippen molar-refractivity contribution in [3.05, 3.63) is 40.7 Å². The second-order valence-electron chi connectivity index (χ2n) is 11.1. The topological polar surface area (TPSA) is 119 Å². The van der Waals surface area contributed by atoms with Crippen LogP contribution in [0.5, 0.6) is 5.75 Å². The molecule has 2 aromatic rings. The van der Waals surface area contributed by atoms with Gasteiger partial charge in [-0.3, -0.25) is 10.2 Å². The molecule has 0 fully saturated rings. The van der Waals surface area contributed by atoms with Crippen molar-refractivity contribution in [2.75, 3.05) is 37.6 Å². The van der Waals surface area contributed by atoms with Crippen LogP contribution in [0.4, 0.5) is 29.6 Å². The van der Waals surface area contributed by atoms with Gasteiger partial charge < -0.3 is 18.6 Å². The molecule has 0 saturated heterocycles. The molecule has 0 radical (unpaired) electrons. The van der Waals surface area contributed by atoms with Crippen molar-refractivity contribution >= 4 is 26.0 Å². The fraction of sp³-hybridized carbons (Fsp3) is 0.556. The molecule has 0 spiro atoms. The predicted molar refractivity (Wildman–Crippen MR) is 148 cm³/mol. The highest BCUT2D eigenvalue weighted by molar-refractivity contribution is 6.74. The minimum Gasteiger partial charge on any atom is -0.483 e. The van der Waals surface area contributed by atoms with E-state index >= 15 is 0 Å². The van der Waals surface area contributed by atoms with Crippen LogP contribution in [-0.4, -0.2) is 57.9 Å². The number of carbonyl (C=O) groups is 1. The number of hydrogen-bond acceptors (Lipinski definition) is 8. The Morgan fingerprint density at radius 3 is 2.49 bits per heavy atom. The number of anilines is 2. The van der Waals surface area contributed by atoms with Gasteiger partial charge >= 0.3 is 12.2 Å². The number of urea groups is 1. The van der Waals surface area contributed by atoms with Crippen molar-refractivity contribution < 1.29 is 36.6 Å². The molecule has 41 heavy (non-hydrogen) atoms. The van der Waals surface area contributed by atoms with E-state index in [0.717, 1.165) is 23.4 Å². The molecule has 0 unspecified atom stereocenters. The molecule has 14 heteroatoms. The summed E-state index contributed by atoms with van der Waals surface area (Å²) in [5.41, 5.74) is 1.91. The maximum absolute atomic E-state index is 13.4. The van der Waals surface area contributed by atoms with Gasteiger partial charge in [0.25, 0.3) is 0 Å². The van der Waals surface area contributed by atoms with Gasteiger partial charge in [-0.25, -0.2) is 14.8 Å². The third-order valence-corrected chi connectivity index (χ3v) is 11.7. The maximum Gasteiger partial charge on any atom is 0.422 e. The van der Waals surface area contributed by atoms with E-state index in [2.05, 4.69) is 44.2 Å². The second-order valence-corrected chi connectivity index (χ2v) is 15.9. The molecular formula is C27H36F3N5O5Si. The zero-order valence-electron chi connectivity index (χ0n) is 24.3. The normalized spacial score (nSPS) is 14.0. The van der Waals surface area contributed by atoms with E-state index in [1.165, 1.54) is 19.1 Å². The van der Waals surface area contributed by atoms with Crippen molar-refractivity contribution in [2.45, 2.75) is 70.8 Å². The highest BCUT2D eigenvalue weighted by atomic mass is 28.4. The molecular weight excluding hydrogens is 559 g/mol. The molecule has 2 amide bonds. The number of fused-ring (bicyclic) bond motifs is 1. The molecule has 0 aromatic carbocycles. The summed E-state index contributed by atoms with van der Waals surface area (Å²) in [6.07, 6.45) is -3.04. The van der Waals surface area contributed by atoms with Gasteiger partial charge in [0.05, 0.1) is 12.8 Å². The molecule has 0 atom stereocenters. The van der Waals surface area contributed by atoms with Gasteiger partial charge in [0, 0.05) is 32.4 Å². The van der Waals surface area contributed by atoms with Crippen LogP contribution < -0.4 is 15.0 Å². The Labute approximate surface area is 238 Å². The van der Waals surface area contributed by atoms with E-state index in [0.29, 0.717) is 37.5 Å². The number of aromatic nitrogens is 2. The Balaban J connectivity index is 1.92. The summed E-state index contributed by atoms with van der Waals surface area (Å²) in [7, 11) is 0.899. The SMILES string of the molecule is COC(OC)c1nc2c(cc1CO[Si](C)(C)C(C)(C)C)CCCN2C(=O)Nc1cc(OCC(F)(F)F)c(C#N)cn1. The number of amides is 2. The molecule has 1 N–H and O–H groups in total. The number of alkyl halides is 3. The Kier molecular flexibility index (Phi) is 10.0. The van der Waals surface area contributed by atoms with Crippen molar-refractivity contribution in [2.24, 2.45) is 0 Å². The van der Waals surface area contributed by atoms with Crippen molar-refractivity contribution in [1.29, 1.82) is 5.26 Å². The van der Waals surface area contributed by atoms with E-state index in [1.54, 1.807) is 6.07 Å². The highest BCUT2D eigenvalue weighted by Gasteiger charge is 2.38. The van der Waals surface area contributed by atoms with E-state index in [-0.39, 0.29) is 22.2 Å². The van der Waals surface area contributed by atoms with Crippen LogP contribution >= 0.6 is 0 Å². The van der Waals surface area contributed by atoms with Crippen LogP contribution in [0.15, 0.2) is 18.3 Å². The van der Waals surface area contributed by atoms with Gasteiger partial charge in [-0.15, -0.1) is 0 Å². The number of nitrogens with one attached hydrogen (secondary N) is 1. The van der Waals surface area contributed by atoms with Gasteiger partial charge in [-0.05, 0) is 42.6 Å². The lowest BCUT2D eigenvalue weighted by atomic mass is 10.0. The average Bonchev–Trinajstić information content (AvgIpc) is 2.90. The molecule has 0 saturated carbocycles. The molecule has 0 bridgehead atoms. The number of aryl methyl sites for hydroxylation is 1. The fourth-order valence-corrected chi connectivity index (χ4v) is 4.86. The number of rotatable bonds is 9. The van der Waals surface area contributed by atoms with E-state index in [4.69, 9.17) is 23.6 Å². The molecule has 3 heterocycles. The quantitative estimate of drug-likeness (QED) is 0.273. The lowest BCUT2D eigenvalue weighted by molar-refractivity contribution is -0.153. The summed E-state index contributed by atoms with van der Waals surface area (Å²) >= 11 is 0. The minimum atomic E-state index is -4.60. The largest absolute Gasteiger partial charge is 0.483 e. The standard InChI is InChI=1S/C27H36F3N5O5Si/c1-26(2,3)41(6,7)40-15-18-11-17-9-8-10-35(23(17)34-22(18)24(37-4)38-5)25(36)33-21-12-20(19(13-31)14-32-21)39-16-27(28,29)30/h11-12,14,24H,8-10,15-16H2,1-7H3,(H,32,33,36). The number of nitriles is 1. The molecule has 1 aliphatic rings.